The van der Waals surface area contributed by atoms with Crippen LogP contribution in [-0.2, 0) is 16.0 Å². The highest BCUT2D eigenvalue weighted by Crippen LogP contribution is 2.23. The minimum absolute atomic E-state index is 0.0198. The second-order valence-corrected chi connectivity index (χ2v) is 6.89. The van der Waals surface area contributed by atoms with Gasteiger partial charge in [0.2, 0.25) is 5.91 Å². The van der Waals surface area contributed by atoms with Crippen molar-refractivity contribution in [3.05, 3.63) is 60.0 Å². The minimum atomic E-state index is -0.0198. The SMILES string of the molecule is CC(C)c1nc2cc(NC(=O)CCCOCCc3ccccc3)ccc2o1. The van der Waals surface area contributed by atoms with E-state index < -0.39 is 0 Å². The summed E-state index contributed by atoms with van der Waals surface area (Å²) >= 11 is 0. The number of ether oxygens (including phenoxy) is 1. The number of nitrogens with zero attached hydrogens (tertiary/aromatic N) is 1. The average Bonchev–Trinajstić information content (AvgIpc) is 3.09. The van der Waals surface area contributed by atoms with Gasteiger partial charge in [-0.05, 0) is 36.6 Å². The van der Waals surface area contributed by atoms with E-state index in [1.54, 1.807) is 0 Å². The van der Waals surface area contributed by atoms with Crippen LogP contribution in [0.15, 0.2) is 52.9 Å². The summed E-state index contributed by atoms with van der Waals surface area (Å²) in [5.74, 6) is 0.923. The molecule has 0 radical (unpaired) electrons. The standard InChI is InChI=1S/C22H26N2O3/c1-16(2)22-24-19-15-18(10-11-20(19)27-22)23-21(25)9-6-13-26-14-12-17-7-4-3-5-8-17/h3-5,7-8,10-11,15-16H,6,9,12-14H2,1-2H3,(H,23,25). The Balaban J connectivity index is 1.38. The predicted molar refractivity (Wildman–Crippen MR) is 107 cm³/mol. The number of benzene rings is 2. The molecule has 0 fully saturated rings. The number of fused-ring (bicyclic) bond motifs is 1. The van der Waals surface area contributed by atoms with Gasteiger partial charge >= 0.3 is 0 Å². The lowest BCUT2D eigenvalue weighted by Crippen LogP contribution is -2.12. The Bertz CT molecular complexity index is 872. The van der Waals surface area contributed by atoms with Gasteiger partial charge in [0.25, 0.3) is 0 Å². The van der Waals surface area contributed by atoms with Crippen LogP contribution in [0.25, 0.3) is 11.1 Å². The van der Waals surface area contributed by atoms with E-state index in [0.29, 0.717) is 31.9 Å². The number of hydrogen-bond donors (Lipinski definition) is 1. The smallest absolute Gasteiger partial charge is 0.224 e. The quantitative estimate of drug-likeness (QED) is 0.545. The molecule has 5 nitrogen and oxygen atoms in total. The molecule has 3 aromatic rings. The molecule has 0 spiro atoms. The van der Waals surface area contributed by atoms with Gasteiger partial charge in [-0.25, -0.2) is 4.98 Å². The fraction of sp³-hybridized carbons (Fsp3) is 0.364. The van der Waals surface area contributed by atoms with Crippen LogP contribution in [0.4, 0.5) is 5.69 Å². The van der Waals surface area contributed by atoms with Crippen LogP contribution >= 0.6 is 0 Å². The fourth-order valence-corrected chi connectivity index (χ4v) is 2.76. The van der Waals surface area contributed by atoms with Crippen molar-refractivity contribution < 1.29 is 13.9 Å². The summed E-state index contributed by atoms with van der Waals surface area (Å²) in [6, 6.07) is 15.8. The molecule has 5 heteroatoms. The zero-order valence-electron chi connectivity index (χ0n) is 15.9. The topological polar surface area (TPSA) is 64.4 Å². The summed E-state index contributed by atoms with van der Waals surface area (Å²) in [6.45, 7) is 5.33. The lowest BCUT2D eigenvalue weighted by Gasteiger charge is -2.06. The zero-order valence-corrected chi connectivity index (χ0v) is 15.9. The number of rotatable bonds is 9. The number of anilines is 1. The largest absolute Gasteiger partial charge is 0.440 e. The third kappa shape index (κ3) is 5.66. The minimum Gasteiger partial charge on any atom is -0.440 e. The number of hydrogen-bond acceptors (Lipinski definition) is 4. The molecule has 0 saturated heterocycles. The van der Waals surface area contributed by atoms with Crippen molar-refractivity contribution in [3.63, 3.8) is 0 Å². The molecule has 0 aliphatic rings. The fourth-order valence-electron chi connectivity index (χ4n) is 2.76. The first-order chi connectivity index (χ1) is 13.1. The van der Waals surface area contributed by atoms with Gasteiger partial charge in [0.05, 0.1) is 6.61 Å². The molecule has 0 aliphatic heterocycles. The van der Waals surface area contributed by atoms with E-state index in [4.69, 9.17) is 9.15 Å². The molecule has 0 saturated carbocycles. The van der Waals surface area contributed by atoms with Crippen molar-refractivity contribution in [2.75, 3.05) is 18.5 Å². The van der Waals surface area contributed by atoms with Gasteiger partial charge in [-0.1, -0.05) is 44.2 Å². The molecule has 27 heavy (non-hydrogen) atoms. The molecule has 0 bridgehead atoms. The summed E-state index contributed by atoms with van der Waals surface area (Å²) in [4.78, 5) is 16.6. The molecule has 1 amide bonds. The molecule has 142 valence electrons. The monoisotopic (exact) mass is 366 g/mol. The van der Waals surface area contributed by atoms with Crippen LogP contribution in [0, 0.1) is 0 Å². The third-order valence-corrected chi connectivity index (χ3v) is 4.25. The molecule has 2 aromatic carbocycles. The molecule has 1 heterocycles. The van der Waals surface area contributed by atoms with Crippen LogP contribution < -0.4 is 5.32 Å². The highest BCUT2D eigenvalue weighted by molar-refractivity contribution is 5.92. The first-order valence-corrected chi connectivity index (χ1v) is 9.44. The van der Waals surface area contributed by atoms with Crippen molar-refractivity contribution in [1.29, 1.82) is 0 Å². The van der Waals surface area contributed by atoms with Crippen molar-refractivity contribution in [2.24, 2.45) is 0 Å². The molecule has 1 aromatic heterocycles. The van der Waals surface area contributed by atoms with Gasteiger partial charge < -0.3 is 14.5 Å². The summed E-state index contributed by atoms with van der Waals surface area (Å²) in [7, 11) is 0. The first-order valence-electron chi connectivity index (χ1n) is 9.44. The molecule has 1 N–H and O–H groups in total. The number of amides is 1. The Morgan fingerprint density at radius 2 is 1.96 bits per heavy atom. The van der Waals surface area contributed by atoms with Crippen molar-refractivity contribution >= 4 is 22.7 Å². The maximum absolute atomic E-state index is 12.1. The van der Waals surface area contributed by atoms with E-state index in [0.717, 1.165) is 23.2 Å². The van der Waals surface area contributed by atoms with Gasteiger partial charge in [-0.15, -0.1) is 0 Å². The normalized spacial score (nSPS) is 11.2. The van der Waals surface area contributed by atoms with Gasteiger partial charge in [0, 0.05) is 24.6 Å². The lowest BCUT2D eigenvalue weighted by atomic mass is 10.2. The van der Waals surface area contributed by atoms with Gasteiger partial charge in [0.15, 0.2) is 11.5 Å². The van der Waals surface area contributed by atoms with Crippen molar-refractivity contribution in [3.8, 4) is 0 Å². The van der Waals surface area contributed by atoms with Crippen LogP contribution in [0.2, 0.25) is 0 Å². The van der Waals surface area contributed by atoms with E-state index in [2.05, 4.69) is 22.4 Å². The van der Waals surface area contributed by atoms with E-state index in [9.17, 15) is 4.79 Å². The van der Waals surface area contributed by atoms with Gasteiger partial charge in [0.1, 0.15) is 5.52 Å². The number of nitrogens with one attached hydrogen (secondary N) is 1. The highest BCUT2D eigenvalue weighted by atomic mass is 16.5. The average molecular weight is 366 g/mol. The number of oxazole rings is 1. The number of aromatic nitrogens is 1. The van der Waals surface area contributed by atoms with Gasteiger partial charge in [-0.2, -0.15) is 0 Å². The Hall–Kier alpha value is -2.66. The lowest BCUT2D eigenvalue weighted by molar-refractivity contribution is -0.116. The molecular formula is C22H26N2O3. The third-order valence-electron chi connectivity index (χ3n) is 4.25. The number of carbonyl (C=O) groups excluding carboxylic acids is 1. The summed E-state index contributed by atoms with van der Waals surface area (Å²) in [6.07, 6.45) is 2.02. The van der Waals surface area contributed by atoms with Gasteiger partial charge in [-0.3, -0.25) is 4.79 Å². The van der Waals surface area contributed by atoms with Crippen LogP contribution in [-0.4, -0.2) is 24.1 Å². The Morgan fingerprint density at radius 1 is 1.15 bits per heavy atom. The summed E-state index contributed by atoms with van der Waals surface area (Å²) in [5, 5.41) is 2.91. The first kappa shape index (κ1) is 19.1. The van der Waals surface area contributed by atoms with E-state index in [1.807, 2.05) is 50.2 Å². The van der Waals surface area contributed by atoms with Crippen LogP contribution in [0.3, 0.4) is 0 Å². The molecule has 0 aliphatic carbocycles. The predicted octanol–water partition coefficient (Wildman–Crippen LogP) is 4.93. The second-order valence-electron chi connectivity index (χ2n) is 6.89. The van der Waals surface area contributed by atoms with Crippen molar-refractivity contribution in [1.82, 2.24) is 4.98 Å². The number of carbonyl (C=O) groups is 1. The highest BCUT2D eigenvalue weighted by Gasteiger charge is 2.10. The Kier molecular flexibility index (Phi) is 6.60. The summed E-state index contributed by atoms with van der Waals surface area (Å²) in [5.41, 5.74) is 3.50. The van der Waals surface area contributed by atoms with E-state index >= 15 is 0 Å². The maximum Gasteiger partial charge on any atom is 0.224 e. The molecule has 0 atom stereocenters. The van der Waals surface area contributed by atoms with Crippen molar-refractivity contribution in [2.45, 2.75) is 39.0 Å². The van der Waals surface area contributed by atoms with Crippen LogP contribution in [0.1, 0.15) is 44.1 Å². The van der Waals surface area contributed by atoms with Crippen LogP contribution in [0.5, 0.6) is 0 Å². The van der Waals surface area contributed by atoms with E-state index in [-0.39, 0.29) is 11.8 Å². The second kappa shape index (κ2) is 9.33. The van der Waals surface area contributed by atoms with E-state index in [1.165, 1.54) is 5.56 Å². The summed E-state index contributed by atoms with van der Waals surface area (Å²) < 4.78 is 11.3. The Labute approximate surface area is 159 Å². The maximum atomic E-state index is 12.1. The molecule has 3 rings (SSSR count). The zero-order chi connectivity index (χ0) is 19.1. The Morgan fingerprint density at radius 3 is 2.74 bits per heavy atom. The molecule has 0 unspecified atom stereocenters. The molecular weight excluding hydrogens is 340 g/mol.